The number of rotatable bonds is 6. The Labute approximate surface area is 300 Å². The minimum Gasteiger partial charge on any atom is -0.483 e. The molecule has 2 aliphatic heterocycles. The highest BCUT2D eigenvalue weighted by Gasteiger charge is 2.69. The van der Waals surface area contributed by atoms with Gasteiger partial charge in [0.1, 0.15) is 5.75 Å². The molecule has 3 amide bonds. The molecule has 2 saturated carbocycles. The van der Waals surface area contributed by atoms with Crippen molar-refractivity contribution < 1.29 is 19.1 Å². The summed E-state index contributed by atoms with van der Waals surface area (Å²) in [5.74, 6) is -1.72. The second-order valence-electron chi connectivity index (χ2n) is 12.1. The first-order chi connectivity index (χ1) is 22.6. The summed E-state index contributed by atoms with van der Waals surface area (Å²) in [6.07, 6.45) is 0.738. The number of hydrogen-bond donors (Lipinski definition) is 2. The van der Waals surface area contributed by atoms with Crippen molar-refractivity contribution in [2.45, 2.75) is 22.6 Å². The van der Waals surface area contributed by atoms with E-state index in [1.165, 1.54) is 4.90 Å². The lowest BCUT2D eigenvalue weighted by Crippen LogP contribution is -2.42. The zero-order chi connectivity index (χ0) is 32.7. The van der Waals surface area contributed by atoms with E-state index in [9.17, 15) is 19.2 Å². The first-order valence-electron chi connectivity index (χ1n) is 14.8. The SMILES string of the molecule is O=C(COc1ccc(Cl)cc1[C@H]1c2sc(=O)[nH]c2SC2C3CC(C4C(=O)N(c5ccc(Br)cc5)C(=O)C34)C21)Nc1ccc(Cl)c(Cl)c1. The topological polar surface area (TPSA) is 109 Å². The van der Waals surface area contributed by atoms with Crippen LogP contribution in [-0.2, 0) is 14.4 Å². The Bertz CT molecular complexity index is 2040. The molecule has 3 aromatic carbocycles. The Balaban J connectivity index is 1.13. The summed E-state index contributed by atoms with van der Waals surface area (Å²) in [5, 5.41) is 4.67. The van der Waals surface area contributed by atoms with Gasteiger partial charge < -0.3 is 15.0 Å². The van der Waals surface area contributed by atoms with Crippen LogP contribution in [0.2, 0.25) is 15.1 Å². The summed E-state index contributed by atoms with van der Waals surface area (Å²) in [5.41, 5.74) is 1.78. The molecule has 2 N–H and O–H groups in total. The highest BCUT2D eigenvalue weighted by atomic mass is 79.9. The van der Waals surface area contributed by atoms with Gasteiger partial charge in [-0.05, 0) is 84.8 Å². The number of nitrogens with one attached hydrogen (secondary N) is 2. The van der Waals surface area contributed by atoms with E-state index < -0.39 is 17.7 Å². The number of amides is 3. The van der Waals surface area contributed by atoms with Crippen molar-refractivity contribution in [2.75, 3.05) is 16.8 Å². The first-order valence-corrected chi connectivity index (χ1v) is 18.4. The minimum atomic E-state index is -0.460. The largest absolute Gasteiger partial charge is 0.483 e. The molecule has 3 heterocycles. The number of anilines is 2. The van der Waals surface area contributed by atoms with Crippen molar-refractivity contribution in [3.63, 3.8) is 0 Å². The van der Waals surface area contributed by atoms with E-state index in [1.54, 1.807) is 54.2 Å². The summed E-state index contributed by atoms with van der Waals surface area (Å²) in [6, 6.07) is 17.2. The van der Waals surface area contributed by atoms with Gasteiger partial charge in [0.15, 0.2) is 6.61 Å². The number of H-pyrrole nitrogens is 1. The van der Waals surface area contributed by atoms with Crippen LogP contribution in [0.4, 0.5) is 11.4 Å². The number of hydrogen-bond acceptors (Lipinski definition) is 7. The summed E-state index contributed by atoms with van der Waals surface area (Å²) >= 11 is 24.9. The molecule has 2 aliphatic carbocycles. The Hall–Kier alpha value is -2.80. The van der Waals surface area contributed by atoms with Gasteiger partial charge in [-0.15, -0.1) is 11.8 Å². The standard InChI is InChI=1S/C33H23BrCl3N3O5S2/c34-13-1-5-16(6-2-13)40-31(42)26-18-11-19(27(26)32(40)43)28-25(18)24(29-30(46-28)39-33(44)47-29)17-9-14(35)3-8-22(17)45-12-23(41)38-15-4-7-20(36)21(37)10-15/h1-10,18-19,24-28H,11-12H2,(H,38,41)(H,39,44)/t18?,19?,24-,25?,26?,27?,28?/m1/s1. The van der Waals surface area contributed by atoms with E-state index in [2.05, 4.69) is 26.2 Å². The summed E-state index contributed by atoms with van der Waals surface area (Å²) in [6.45, 7) is -0.299. The third kappa shape index (κ3) is 5.25. The normalized spacial score (nSPS) is 27.1. The average molecular weight is 792 g/mol. The van der Waals surface area contributed by atoms with Crippen LogP contribution in [-0.4, -0.2) is 34.6 Å². The van der Waals surface area contributed by atoms with Crippen molar-refractivity contribution in [3.05, 3.63) is 100 Å². The van der Waals surface area contributed by atoms with Crippen LogP contribution in [0.1, 0.15) is 22.8 Å². The maximum absolute atomic E-state index is 14.1. The number of thiazole rings is 1. The number of thioether (sulfide) groups is 1. The number of carbonyl (C=O) groups excluding carboxylic acids is 3. The summed E-state index contributed by atoms with van der Waals surface area (Å²) in [7, 11) is 0. The van der Waals surface area contributed by atoms with Crippen LogP contribution in [0.5, 0.6) is 5.75 Å². The molecular weight excluding hydrogens is 769 g/mol. The highest BCUT2D eigenvalue weighted by molar-refractivity contribution is 9.10. The monoisotopic (exact) mass is 789 g/mol. The maximum atomic E-state index is 14.1. The van der Waals surface area contributed by atoms with Gasteiger partial charge in [0.2, 0.25) is 11.8 Å². The second-order valence-corrected chi connectivity index (χ2v) is 16.5. The third-order valence-electron chi connectivity index (χ3n) is 9.68. The average Bonchev–Trinajstić information content (AvgIpc) is 3.78. The van der Waals surface area contributed by atoms with Gasteiger partial charge in [0.05, 0.1) is 32.6 Å². The van der Waals surface area contributed by atoms with Gasteiger partial charge in [0.25, 0.3) is 5.91 Å². The number of aromatic amines is 1. The lowest BCUT2D eigenvalue weighted by Gasteiger charge is -2.43. The molecule has 7 atom stereocenters. The summed E-state index contributed by atoms with van der Waals surface area (Å²) < 4.78 is 7.00. The number of nitrogens with zero attached hydrogens (tertiary/aromatic N) is 1. The predicted molar refractivity (Wildman–Crippen MR) is 187 cm³/mol. The van der Waals surface area contributed by atoms with E-state index in [4.69, 9.17) is 39.5 Å². The van der Waals surface area contributed by atoms with Crippen molar-refractivity contribution in [3.8, 4) is 5.75 Å². The Morgan fingerprint density at radius 1 is 0.957 bits per heavy atom. The van der Waals surface area contributed by atoms with E-state index in [0.29, 0.717) is 32.2 Å². The number of imide groups is 1. The highest BCUT2D eigenvalue weighted by Crippen LogP contribution is 2.69. The van der Waals surface area contributed by atoms with E-state index in [0.717, 1.165) is 37.7 Å². The molecule has 4 aromatic rings. The van der Waals surface area contributed by atoms with Crippen molar-refractivity contribution in [2.24, 2.45) is 29.6 Å². The Morgan fingerprint density at radius 3 is 2.45 bits per heavy atom. The fourth-order valence-electron chi connectivity index (χ4n) is 8.02. The molecule has 8 rings (SSSR count). The van der Waals surface area contributed by atoms with Gasteiger partial charge >= 0.3 is 4.87 Å². The predicted octanol–water partition coefficient (Wildman–Crippen LogP) is 7.85. The van der Waals surface area contributed by atoms with Crippen LogP contribution >= 0.6 is 73.8 Å². The molecule has 14 heteroatoms. The van der Waals surface area contributed by atoms with Crippen molar-refractivity contribution >= 4 is 103 Å². The molecule has 1 aromatic heterocycles. The van der Waals surface area contributed by atoms with Crippen molar-refractivity contribution in [1.82, 2.24) is 4.98 Å². The summed E-state index contributed by atoms with van der Waals surface area (Å²) in [4.78, 5) is 58.7. The second kappa shape index (κ2) is 12.0. The quantitative estimate of drug-likeness (QED) is 0.193. The fourth-order valence-corrected chi connectivity index (χ4v) is 11.6. The molecule has 47 heavy (non-hydrogen) atoms. The van der Waals surface area contributed by atoms with Gasteiger partial charge in [-0.1, -0.05) is 62.1 Å². The zero-order valence-electron chi connectivity index (χ0n) is 24.0. The molecular formula is C33H23BrCl3N3O5S2. The molecule has 8 nitrogen and oxygen atoms in total. The van der Waals surface area contributed by atoms with Crippen LogP contribution in [0.3, 0.4) is 0 Å². The number of ether oxygens (including phenoxy) is 1. The van der Waals surface area contributed by atoms with Crippen LogP contribution in [0.15, 0.2) is 75.0 Å². The lowest BCUT2D eigenvalue weighted by molar-refractivity contribution is -0.123. The molecule has 0 radical (unpaired) electrons. The number of benzene rings is 3. The molecule has 0 spiro atoms. The van der Waals surface area contributed by atoms with Gasteiger partial charge in [0, 0.05) is 36.8 Å². The molecule has 2 bridgehead atoms. The smallest absolute Gasteiger partial charge is 0.305 e. The fraction of sp³-hybridized carbons (Fsp3) is 0.273. The van der Waals surface area contributed by atoms with E-state index in [-0.39, 0.29) is 52.2 Å². The van der Waals surface area contributed by atoms with E-state index in [1.807, 2.05) is 18.2 Å². The van der Waals surface area contributed by atoms with Crippen LogP contribution in [0, 0.1) is 29.6 Å². The molecule has 1 saturated heterocycles. The maximum Gasteiger partial charge on any atom is 0.305 e. The molecule has 3 fully saturated rings. The van der Waals surface area contributed by atoms with Gasteiger partial charge in [-0.2, -0.15) is 0 Å². The Morgan fingerprint density at radius 2 is 1.70 bits per heavy atom. The van der Waals surface area contributed by atoms with E-state index >= 15 is 0 Å². The third-order valence-corrected chi connectivity index (χ3v) is 13.8. The van der Waals surface area contributed by atoms with Gasteiger partial charge in [-0.3, -0.25) is 24.1 Å². The number of fused-ring (bicyclic) bond motifs is 9. The van der Waals surface area contributed by atoms with Crippen LogP contribution < -0.4 is 19.8 Å². The molecule has 240 valence electrons. The first kappa shape index (κ1) is 31.5. The number of aromatic nitrogens is 1. The number of carbonyl (C=O) groups is 3. The Kier molecular flexibility index (Phi) is 8.01. The minimum absolute atomic E-state index is 0.0181. The number of halogens is 4. The van der Waals surface area contributed by atoms with Crippen molar-refractivity contribution in [1.29, 1.82) is 0 Å². The zero-order valence-corrected chi connectivity index (χ0v) is 29.5. The van der Waals surface area contributed by atoms with Crippen LogP contribution in [0.25, 0.3) is 0 Å². The van der Waals surface area contributed by atoms with Gasteiger partial charge in [-0.25, -0.2) is 0 Å². The lowest BCUT2D eigenvalue weighted by atomic mass is 9.68. The molecule has 6 unspecified atom stereocenters. The molecule has 4 aliphatic rings.